The van der Waals surface area contributed by atoms with Crippen LogP contribution in [0.5, 0.6) is 0 Å². The summed E-state index contributed by atoms with van der Waals surface area (Å²) in [6, 6.07) is 13.6. The summed E-state index contributed by atoms with van der Waals surface area (Å²) in [7, 11) is -3.75. The fourth-order valence-corrected chi connectivity index (χ4v) is 4.25. The maximum Gasteiger partial charge on any atom is 0.275 e. The number of hydrogen-bond acceptors (Lipinski definition) is 5. The highest BCUT2D eigenvalue weighted by molar-refractivity contribution is 9.10. The molecule has 2 aromatic carbocycles. The van der Waals surface area contributed by atoms with E-state index in [9.17, 15) is 13.2 Å². The number of hydrogen-bond donors (Lipinski definition) is 2. The van der Waals surface area contributed by atoms with E-state index in [4.69, 9.17) is 0 Å². The lowest BCUT2D eigenvalue weighted by Crippen LogP contribution is -2.14. The van der Waals surface area contributed by atoms with Crippen molar-refractivity contribution in [2.24, 2.45) is 0 Å². The fourth-order valence-electron chi connectivity index (χ4n) is 2.04. The number of thiazole rings is 1. The molecule has 3 rings (SSSR count). The zero-order valence-corrected chi connectivity index (χ0v) is 16.8. The van der Waals surface area contributed by atoms with Crippen LogP contribution in [0, 0.1) is 6.92 Å². The molecule has 1 aromatic heterocycles. The van der Waals surface area contributed by atoms with Crippen LogP contribution in [0.1, 0.15) is 16.1 Å². The number of carbonyl (C=O) groups excluding carboxylic acids is 1. The van der Waals surface area contributed by atoms with E-state index in [1.165, 1.54) is 17.5 Å². The van der Waals surface area contributed by atoms with Gasteiger partial charge in [0.15, 0.2) is 5.13 Å². The average Bonchev–Trinajstić information content (AvgIpc) is 3.05. The number of anilines is 2. The van der Waals surface area contributed by atoms with Gasteiger partial charge in [-0.3, -0.25) is 9.52 Å². The molecular weight excluding hydrogens is 438 g/mol. The molecule has 6 nitrogen and oxygen atoms in total. The molecule has 0 saturated carbocycles. The molecule has 0 aliphatic rings. The quantitative estimate of drug-likeness (QED) is 0.606. The number of benzene rings is 2. The highest BCUT2D eigenvalue weighted by Crippen LogP contribution is 2.21. The van der Waals surface area contributed by atoms with E-state index in [0.717, 1.165) is 21.4 Å². The van der Waals surface area contributed by atoms with Crippen molar-refractivity contribution < 1.29 is 13.2 Å². The lowest BCUT2D eigenvalue weighted by Gasteiger charge is -2.05. The van der Waals surface area contributed by atoms with E-state index < -0.39 is 15.9 Å². The van der Waals surface area contributed by atoms with E-state index in [1.807, 2.05) is 6.92 Å². The minimum atomic E-state index is -3.75. The van der Waals surface area contributed by atoms with Crippen LogP contribution in [0.25, 0.3) is 0 Å². The van der Waals surface area contributed by atoms with Crippen LogP contribution in [0.4, 0.5) is 10.8 Å². The third-order valence-corrected chi connectivity index (χ3v) is 6.16. The molecule has 0 aliphatic carbocycles. The number of sulfonamides is 1. The van der Waals surface area contributed by atoms with Gasteiger partial charge in [-0.15, -0.1) is 11.3 Å². The molecule has 0 fully saturated rings. The predicted octanol–water partition coefficient (Wildman–Crippen LogP) is 4.27. The van der Waals surface area contributed by atoms with Gasteiger partial charge in [-0.05, 0) is 43.3 Å². The third kappa shape index (κ3) is 4.48. The summed E-state index contributed by atoms with van der Waals surface area (Å²) in [5.74, 6) is -0.413. The van der Waals surface area contributed by atoms with E-state index >= 15 is 0 Å². The van der Waals surface area contributed by atoms with Crippen LogP contribution in [-0.2, 0) is 10.0 Å². The van der Waals surface area contributed by atoms with Crippen LogP contribution in [0.2, 0.25) is 0 Å². The number of nitrogens with zero attached hydrogens (tertiary/aromatic N) is 1. The van der Waals surface area contributed by atoms with Gasteiger partial charge in [0, 0.05) is 15.5 Å². The van der Waals surface area contributed by atoms with Gasteiger partial charge >= 0.3 is 0 Å². The predicted molar refractivity (Wildman–Crippen MR) is 106 cm³/mol. The largest absolute Gasteiger partial charge is 0.321 e. The van der Waals surface area contributed by atoms with Gasteiger partial charge in [0.05, 0.1) is 4.90 Å². The monoisotopic (exact) mass is 451 g/mol. The fraction of sp³-hybridized carbons (Fsp3) is 0.0588. The van der Waals surface area contributed by atoms with Crippen molar-refractivity contribution in [3.8, 4) is 0 Å². The Morgan fingerprint density at radius 3 is 2.38 bits per heavy atom. The highest BCUT2D eigenvalue weighted by Gasteiger charge is 2.18. The van der Waals surface area contributed by atoms with Crippen molar-refractivity contribution in [2.75, 3.05) is 10.0 Å². The highest BCUT2D eigenvalue weighted by atomic mass is 79.9. The summed E-state index contributed by atoms with van der Waals surface area (Å²) in [4.78, 5) is 16.4. The lowest BCUT2D eigenvalue weighted by molar-refractivity contribution is 0.102. The van der Waals surface area contributed by atoms with Crippen LogP contribution < -0.4 is 10.0 Å². The number of aryl methyl sites for hydroxylation is 1. The Hall–Kier alpha value is -2.23. The molecule has 26 heavy (non-hydrogen) atoms. The van der Waals surface area contributed by atoms with Crippen molar-refractivity contribution in [2.45, 2.75) is 11.8 Å². The second-order valence-electron chi connectivity index (χ2n) is 5.42. The van der Waals surface area contributed by atoms with Crippen LogP contribution >= 0.6 is 27.3 Å². The minimum absolute atomic E-state index is 0.131. The second-order valence-corrected chi connectivity index (χ2v) is 8.87. The van der Waals surface area contributed by atoms with Crippen molar-refractivity contribution in [3.63, 3.8) is 0 Å². The smallest absolute Gasteiger partial charge is 0.275 e. The Kier molecular flexibility index (Phi) is 5.40. The van der Waals surface area contributed by atoms with Crippen LogP contribution in [0.15, 0.2) is 63.3 Å². The van der Waals surface area contributed by atoms with E-state index in [2.05, 4.69) is 31.0 Å². The normalized spacial score (nSPS) is 11.2. The summed E-state index contributed by atoms with van der Waals surface area (Å²) in [6.07, 6.45) is 0. The van der Waals surface area contributed by atoms with Gasteiger partial charge < -0.3 is 5.32 Å². The zero-order chi connectivity index (χ0) is 18.7. The molecule has 134 valence electrons. The maximum atomic E-state index is 12.4. The second kappa shape index (κ2) is 7.56. The Bertz CT molecular complexity index is 1030. The number of nitrogens with one attached hydrogen (secondary N) is 2. The molecule has 0 spiro atoms. The SMILES string of the molecule is Cc1ccc(S(=O)(=O)Nc2nc(C(=O)Nc3ccc(Br)cc3)cs2)cc1. The van der Waals surface area contributed by atoms with Crippen molar-refractivity contribution >= 4 is 54.0 Å². The molecule has 1 heterocycles. The van der Waals surface area contributed by atoms with Crippen molar-refractivity contribution in [3.05, 3.63) is 69.6 Å². The van der Waals surface area contributed by atoms with Gasteiger partial charge in [0.2, 0.25) is 0 Å². The van der Waals surface area contributed by atoms with Gasteiger partial charge in [-0.1, -0.05) is 33.6 Å². The van der Waals surface area contributed by atoms with E-state index in [-0.39, 0.29) is 15.7 Å². The van der Waals surface area contributed by atoms with Crippen molar-refractivity contribution in [1.29, 1.82) is 0 Å². The first-order valence-corrected chi connectivity index (χ1v) is 10.6. The topological polar surface area (TPSA) is 88.2 Å². The number of rotatable bonds is 5. The first kappa shape index (κ1) is 18.6. The van der Waals surface area contributed by atoms with Gasteiger partial charge in [0.25, 0.3) is 15.9 Å². The molecule has 2 N–H and O–H groups in total. The Labute approximate surface area is 163 Å². The molecule has 0 aliphatic heterocycles. The lowest BCUT2D eigenvalue weighted by atomic mass is 10.2. The standard InChI is InChI=1S/C17H14BrN3O3S2/c1-11-2-8-14(9-3-11)26(23,24)21-17-20-15(10-25-17)16(22)19-13-6-4-12(18)5-7-13/h2-10H,1H3,(H,19,22)(H,20,21). The third-order valence-electron chi connectivity index (χ3n) is 3.39. The maximum absolute atomic E-state index is 12.4. The van der Waals surface area contributed by atoms with Gasteiger partial charge in [-0.25, -0.2) is 13.4 Å². The molecular formula is C17H14BrN3O3S2. The zero-order valence-electron chi connectivity index (χ0n) is 13.6. The minimum Gasteiger partial charge on any atom is -0.321 e. The summed E-state index contributed by atoms with van der Waals surface area (Å²) in [5.41, 5.74) is 1.72. The van der Waals surface area contributed by atoms with Crippen molar-refractivity contribution in [1.82, 2.24) is 4.98 Å². The first-order chi connectivity index (χ1) is 12.3. The van der Waals surface area contributed by atoms with Gasteiger partial charge in [-0.2, -0.15) is 0 Å². The first-order valence-electron chi connectivity index (χ1n) is 7.45. The average molecular weight is 452 g/mol. The molecule has 0 unspecified atom stereocenters. The molecule has 0 saturated heterocycles. The number of aromatic nitrogens is 1. The van der Waals surface area contributed by atoms with E-state index in [1.54, 1.807) is 36.4 Å². The Morgan fingerprint density at radius 1 is 1.08 bits per heavy atom. The van der Waals surface area contributed by atoms with Gasteiger partial charge in [0.1, 0.15) is 5.69 Å². The molecule has 1 amide bonds. The molecule has 0 bridgehead atoms. The molecule has 0 radical (unpaired) electrons. The van der Waals surface area contributed by atoms with Crippen LogP contribution in [-0.4, -0.2) is 19.3 Å². The summed E-state index contributed by atoms with van der Waals surface area (Å²) < 4.78 is 28.0. The molecule has 0 atom stereocenters. The Balaban J connectivity index is 1.72. The summed E-state index contributed by atoms with van der Waals surface area (Å²) in [6.45, 7) is 1.88. The summed E-state index contributed by atoms with van der Waals surface area (Å²) >= 11 is 4.37. The Morgan fingerprint density at radius 2 is 1.73 bits per heavy atom. The summed E-state index contributed by atoms with van der Waals surface area (Å²) in [5, 5.41) is 4.34. The number of carbonyl (C=O) groups is 1. The van der Waals surface area contributed by atoms with E-state index in [0.29, 0.717) is 5.69 Å². The number of amides is 1. The molecule has 3 aromatic rings. The molecule has 9 heteroatoms. The van der Waals surface area contributed by atoms with Crippen LogP contribution in [0.3, 0.4) is 0 Å². The number of halogens is 1.